The van der Waals surface area contributed by atoms with Crippen molar-refractivity contribution in [2.75, 3.05) is 5.73 Å². The van der Waals surface area contributed by atoms with Crippen molar-refractivity contribution in [3.8, 4) is 11.4 Å². The Morgan fingerprint density at radius 3 is 2.65 bits per heavy atom. The van der Waals surface area contributed by atoms with Gasteiger partial charge in [-0.3, -0.25) is 0 Å². The highest BCUT2D eigenvalue weighted by Gasteiger charge is 2.12. The van der Waals surface area contributed by atoms with E-state index in [-0.39, 0.29) is 5.82 Å². The molecule has 4 heteroatoms. The number of anilines is 1. The lowest BCUT2D eigenvalue weighted by Gasteiger charge is -2.06. The smallest absolute Gasteiger partial charge is 0.141 e. The number of benzene rings is 2. The van der Waals surface area contributed by atoms with Gasteiger partial charge in [-0.15, -0.1) is 6.58 Å². The van der Waals surface area contributed by atoms with Gasteiger partial charge in [0.2, 0.25) is 0 Å². The third kappa shape index (κ3) is 2.05. The predicted molar refractivity (Wildman–Crippen MR) is 79.7 cm³/mol. The Labute approximate surface area is 116 Å². The van der Waals surface area contributed by atoms with Crippen molar-refractivity contribution in [3.05, 3.63) is 60.9 Å². The van der Waals surface area contributed by atoms with E-state index >= 15 is 0 Å². The maximum absolute atomic E-state index is 13.3. The molecule has 0 amide bonds. The molecule has 0 unspecified atom stereocenters. The lowest BCUT2D eigenvalue weighted by Crippen LogP contribution is -1.98. The fourth-order valence-corrected chi connectivity index (χ4v) is 2.27. The van der Waals surface area contributed by atoms with Crippen molar-refractivity contribution in [2.45, 2.75) is 6.54 Å². The van der Waals surface area contributed by atoms with Crippen LogP contribution in [-0.4, -0.2) is 9.55 Å². The van der Waals surface area contributed by atoms with Gasteiger partial charge in [-0.05, 0) is 36.4 Å². The highest BCUT2D eigenvalue weighted by atomic mass is 19.1. The SMILES string of the molecule is C=CCn1c(-c2ccc(N)cc2)nc2cc(F)ccc21. The fraction of sp³-hybridized carbons (Fsp3) is 0.0625. The summed E-state index contributed by atoms with van der Waals surface area (Å²) in [4.78, 5) is 4.53. The Morgan fingerprint density at radius 1 is 1.20 bits per heavy atom. The van der Waals surface area contributed by atoms with Crippen LogP contribution in [0.2, 0.25) is 0 Å². The van der Waals surface area contributed by atoms with E-state index in [9.17, 15) is 4.39 Å². The lowest BCUT2D eigenvalue weighted by molar-refractivity contribution is 0.629. The summed E-state index contributed by atoms with van der Waals surface area (Å²) in [6.45, 7) is 4.38. The van der Waals surface area contributed by atoms with E-state index in [2.05, 4.69) is 11.6 Å². The Balaban J connectivity index is 2.25. The number of allylic oxidation sites excluding steroid dienone is 1. The molecule has 0 saturated carbocycles. The van der Waals surface area contributed by atoms with Gasteiger partial charge in [0.05, 0.1) is 11.0 Å². The predicted octanol–water partition coefficient (Wildman–Crippen LogP) is 3.61. The summed E-state index contributed by atoms with van der Waals surface area (Å²) in [5.74, 6) is 0.495. The molecule has 0 radical (unpaired) electrons. The number of aromatic nitrogens is 2. The van der Waals surface area contributed by atoms with Crippen LogP contribution >= 0.6 is 0 Å². The third-order valence-corrected chi connectivity index (χ3v) is 3.19. The zero-order valence-corrected chi connectivity index (χ0v) is 10.9. The van der Waals surface area contributed by atoms with Crippen LogP contribution in [0.3, 0.4) is 0 Å². The highest BCUT2D eigenvalue weighted by Crippen LogP contribution is 2.26. The summed E-state index contributed by atoms with van der Waals surface area (Å²) in [5, 5.41) is 0. The third-order valence-electron chi connectivity index (χ3n) is 3.19. The Kier molecular flexibility index (Phi) is 2.99. The van der Waals surface area contributed by atoms with Crippen molar-refractivity contribution in [1.82, 2.24) is 9.55 Å². The van der Waals surface area contributed by atoms with E-state index in [0.717, 1.165) is 16.9 Å². The zero-order valence-electron chi connectivity index (χ0n) is 10.9. The number of nitrogens with two attached hydrogens (primary N) is 1. The molecule has 2 aromatic carbocycles. The topological polar surface area (TPSA) is 43.8 Å². The second kappa shape index (κ2) is 4.81. The van der Waals surface area contributed by atoms with Crippen molar-refractivity contribution < 1.29 is 4.39 Å². The number of nitrogen functional groups attached to an aromatic ring is 1. The van der Waals surface area contributed by atoms with E-state index in [1.54, 1.807) is 12.1 Å². The summed E-state index contributed by atoms with van der Waals surface area (Å²) in [6.07, 6.45) is 1.80. The minimum atomic E-state index is -0.287. The molecule has 100 valence electrons. The number of hydrogen-bond acceptors (Lipinski definition) is 2. The van der Waals surface area contributed by atoms with Crippen LogP contribution in [0.5, 0.6) is 0 Å². The van der Waals surface area contributed by atoms with Crippen LogP contribution in [0.4, 0.5) is 10.1 Å². The summed E-state index contributed by atoms with van der Waals surface area (Å²) in [7, 11) is 0. The van der Waals surface area contributed by atoms with E-state index in [4.69, 9.17) is 5.73 Å². The number of fused-ring (bicyclic) bond motifs is 1. The maximum Gasteiger partial charge on any atom is 0.141 e. The van der Waals surface area contributed by atoms with E-state index < -0.39 is 0 Å². The minimum Gasteiger partial charge on any atom is -0.399 e. The first kappa shape index (κ1) is 12.4. The van der Waals surface area contributed by atoms with Crippen molar-refractivity contribution >= 4 is 16.7 Å². The van der Waals surface area contributed by atoms with Gasteiger partial charge < -0.3 is 10.3 Å². The minimum absolute atomic E-state index is 0.287. The Hall–Kier alpha value is -2.62. The molecule has 0 atom stereocenters. The molecule has 0 aliphatic rings. The number of halogens is 1. The molecule has 20 heavy (non-hydrogen) atoms. The maximum atomic E-state index is 13.3. The van der Waals surface area contributed by atoms with E-state index in [1.165, 1.54) is 12.1 Å². The van der Waals surface area contributed by atoms with E-state index in [0.29, 0.717) is 17.7 Å². The average molecular weight is 267 g/mol. The van der Waals surface area contributed by atoms with Crippen LogP contribution in [0.1, 0.15) is 0 Å². The molecular formula is C16H14FN3. The molecule has 0 spiro atoms. The summed E-state index contributed by atoms with van der Waals surface area (Å²) in [5.41, 5.74) is 8.87. The van der Waals surface area contributed by atoms with Gasteiger partial charge in [0.1, 0.15) is 11.6 Å². The van der Waals surface area contributed by atoms with Gasteiger partial charge in [-0.1, -0.05) is 6.08 Å². The standard InChI is InChI=1S/C16H14FN3/c1-2-9-20-15-8-5-12(17)10-14(15)19-16(20)11-3-6-13(18)7-4-11/h2-8,10H,1,9,18H2. The zero-order chi connectivity index (χ0) is 14.1. The first-order valence-electron chi connectivity index (χ1n) is 6.31. The van der Waals surface area contributed by atoms with Gasteiger partial charge in [-0.25, -0.2) is 9.37 Å². The second-order valence-electron chi connectivity index (χ2n) is 4.59. The molecular weight excluding hydrogens is 253 g/mol. The summed E-state index contributed by atoms with van der Waals surface area (Å²) in [6, 6.07) is 12.1. The highest BCUT2D eigenvalue weighted by molar-refractivity contribution is 5.81. The van der Waals surface area contributed by atoms with Gasteiger partial charge in [0.25, 0.3) is 0 Å². The molecule has 0 fully saturated rings. The van der Waals surface area contributed by atoms with Gasteiger partial charge in [-0.2, -0.15) is 0 Å². The molecule has 1 heterocycles. The molecule has 3 aromatic rings. The summed E-state index contributed by atoms with van der Waals surface area (Å²) < 4.78 is 15.3. The monoisotopic (exact) mass is 267 g/mol. The quantitative estimate of drug-likeness (QED) is 0.582. The number of rotatable bonds is 3. The lowest BCUT2D eigenvalue weighted by atomic mass is 10.2. The second-order valence-corrected chi connectivity index (χ2v) is 4.59. The normalized spacial score (nSPS) is 10.8. The summed E-state index contributed by atoms with van der Waals surface area (Å²) >= 11 is 0. The van der Waals surface area contributed by atoms with Crippen LogP contribution in [0, 0.1) is 5.82 Å². The Bertz CT molecular complexity index is 772. The van der Waals surface area contributed by atoms with Crippen molar-refractivity contribution in [2.24, 2.45) is 0 Å². The molecule has 3 rings (SSSR count). The molecule has 0 aliphatic carbocycles. The van der Waals surface area contributed by atoms with Gasteiger partial charge in [0, 0.05) is 23.9 Å². The number of nitrogens with zero attached hydrogens (tertiary/aromatic N) is 2. The largest absolute Gasteiger partial charge is 0.399 e. The van der Waals surface area contributed by atoms with E-state index in [1.807, 2.05) is 28.8 Å². The van der Waals surface area contributed by atoms with Crippen molar-refractivity contribution in [3.63, 3.8) is 0 Å². The van der Waals surface area contributed by atoms with Crippen LogP contribution in [-0.2, 0) is 6.54 Å². The first-order valence-corrected chi connectivity index (χ1v) is 6.31. The number of imidazole rings is 1. The van der Waals surface area contributed by atoms with Gasteiger partial charge >= 0.3 is 0 Å². The molecule has 0 bridgehead atoms. The molecule has 0 saturated heterocycles. The van der Waals surface area contributed by atoms with Gasteiger partial charge in [0.15, 0.2) is 0 Å². The van der Waals surface area contributed by atoms with Crippen molar-refractivity contribution in [1.29, 1.82) is 0 Å². The number of hydrogen-bond donors (Lipinski definition) is 1. The van der Waals surface area contributed by atoms with Crippen LogP contribution < -0.4 is 5.73 Å². The molecule has 0 aliphatic heterocycles. The first-order chi connectivity index (χ1) is 9.69. The van der Waals surface area contributed by atoms with Crippen LogP contribution in [0.15, 0.2) is 55.1 Å². The molecule has 2 N–H and O–H groups in total. The molecule has 3 nitrogen and oxygen atoms in total. The molecule has 1 aromatic heterocycles. The fourth-order valence-electron chi connectivity index (χ4n) is 2.27. The Morgan fingerprint density at radius 2 is 1.95 bits per heavy atom. The average Bonchev–Trinajstić information content (AvgIpc) is 2.78. The van der Waals surface area contributed by atoms with Crippen LogP contribution in [0.25, 0.3) is 22.4 Å².